The van der Waals surface area contributed by atoms with Crippen molar-refractivity contribution in [3.05, 3.63) is 29.6 Å². The highest BCUT2D eigenvalue weighted by Crippen LogP contribution is 2.40. The lowest BCUT2D eigenvalue weighted by Crippen LogP contribution is -2.31. The largest absolute Gasteiger partial charge is 0.347 e. The number of amides is 1. The van der Waals surface area contributed by atoms with Crippen LogP contribution in [0.4, 0.5) is 0 Å². The van der Waals surface area contributed by atoms with Crippen molar-refractivity contribution in [1.82, 2.24) is 10.3 Å². The molecule has 0 bridgehead atoms. The van der Waals surface area contributed by atoms with Gasteiger partial charge in [0.15, 0.2) is 0 Å². The molecule has 0 aromatic carbocycles. The van der Waals surface area contributed by atoms with Crippen molar-refractivity contribution in [3.8, 4) is 0 Å². The lowest BCUT2D eigenvalue weighted by molar-refractivity contribution is -0.119. The van der Waals surface area contributed by atoms with Gasteiger partial charge in [-0.3, -0.25) is 9.78 Å². The van der Waals surface area contributed by atoms with E-state index >= 15 is 0 Å². The molecule has 0 spiro atoms. The third-order valence-electron chi connectivity index (χ3n) is 3.10. The molecule has 0 aliphatic heterocycles. The Balaban J connectivity index is 2.02. The lowest BCUT2D eigenvalue weighted by Gasteiger charge is -2.18. The summed E-state index contributed by atoms with van der Waals surface area (Å²) in [4.78, 5) is 16.3. The van der Waals surface area contributed by atoms with Crippen LogP contribution < -0.4 is 5.32 Å². The van der Waals surface area contributed by atoms with E-state index in [2.05, 4.69) is 30.2 Å². The highest BCUT2D eigenvalue weighted by molar-refractivity contribution is 7.99. The minimum atomic E-state index is 0.106. The normalized spacial score (nSPS) is 16.3. The Hall–Kier alpha value is -1.03. The smallest absolute Gasteiger partial charge is 0.230 e. The predicted octanol–water partition coefficient (Wildman–Crippen LogP) is 2.71. The number of carbonyl (C=O) groups excluding carboxylic acids is 1. The van der Waals surface area contributed by atoms with Gasteiger partial charge in [-0.1, -0.05) is 6.92 Å². The van der Waals surface area contributed by atoms with Crippen molar-refractivity contribution in [2.75, 3.05) is 11.5 Å². The van der Waals surface area contributed by atoms with Crippen molar-refractivity contribution in [2.45, 2.75) is 32.7 Å². The summed E-state index contributed by atoms with van der Waals surface area (Å²) >= 11 is 1.66. The molecule has 4 heteroatoms. The van der Waals surface area contributed by atoms with Gasteiger partial charge >= 0.3 is 0 Å². The SMILES string of the molecule is CCSCC(=O)N[C@@H](c1cc(C)ccn1)C1CC1. The fourth-order valence-corrected chi connectivity index (χ4v) is 2.48. The number of hydrogen-bond donors (Lipinski definition) is 1. The Kier molecular flexibility index (Phi) is 4.64. The van der Waals surface area contributed by atoms with Crippen LogP contribution in [0.3, 0.4) is 0 Å². The maximum Gasteiger partial charge on any atom is 0.230 e. The van der Waals surface area contributed by atoms with Gasteiger partial charge in [-0.2, -0.15) is 11.8 Å². The first-order chi connectivity index (χ1) is 8.70. The monoisotopic (exact) mass is 264 g/mol. The highest BCUT2D eigenvalue weighted by Gasteiger charge is 2.34. The average Bonchev–Trinajstić information content (AvgIpc) is 3.17. The molecule has 1 amide bonds. The molecule has 2 rings (SSSR count). The van der Waals surface area contributed by atoms with E-state index in [4.69, 9.17) is 0 Å². The molecule has 0 unspecified atom stereocenters. The summed E-state index contributed by atoms with van der Waals surface area (Å²) in [6.07, 6.45) is 4.22. The second-order valence-electron chi connectivity index (χ2n) is 4.78. The first-order valence-corrected chi connectivity index (χ1v) is 7.66. The number of aromatic nitrogens is 1. The van der Waals surface area contributed by atoms with Gasteiger partial charge in [0, 0.05) is 6.20 Å². The number of aryl methyl sites for hydroxylation is 1. The zero-order valence-corrected chi connectivity index (χ0v) is 11.8. The van der Waals surface area contributed by atoms with Gasteiger partial charge in [-0.05, 0) is 49.1 Å². The van der Waals surface area contributed by atoms with E-state index in [1.165, 1.54) is 18.4 Å². The second-order valence-corrected chi connectivity index (χ2v) is 6.05. The molecule has 1 aliphatic carbocycles. The molecule has 3 nitrogen and oxygen atoms in total. The van der Waals surface area contributed by atoms with Gasteiger partial charge in [0.25, 0.3) is 0 Å². The number of nitrogens with one attached hydrogen (secondary N) is 1. The van der Waals surface area contributed by atoms with Gasteiger partial charge in [0.05, 0.1) is 17.5 Å². The van der Waals surface area contributed by atoms with Gasteiger partial charge in [0.1, 0.15) is 0 Å². The number of carbonyl (C=O) groups is 1. The van der Waals surface area contributed by atoms with Crippen LogP contribution in [-0.2, 0) is 4.79 Å². The number of hydrogen-bond acceptors (Lipinski definition) is 3. The maximum atomic E-state index is 11.8. The van der Waals surface area contributed by atoms with E-state index in [1.807, 2.05) is 12.3 Å². The molecular formula is C14H20N2OS. The molecule has 1 aromatic heterocycles. The van der Waals surface area contributed by atoms with E-state index in [-0.39, 0.29) is 11.9 Å². The molecule has 0 radical (unpaired) electrons. The molecule has 1 aromatic rings. The van der Waals surface area contributed by atoms with Crippen LogP contribution in [0.15, 0.2) is 18.3 Å². The third-order valence-corrected chi connectivity index (χ3v) is 3.98. The van der Waals surface area contributed by atoms with E-state index < -0.39 is 0 Å². The fourth-order valence-electron chi connectivity index (χ4n) is 2.00. The summed E-state index contributed by atoms with van der Waals surface area (Å²) < 4.78 is 0. The minimum Gasteiger partial charge on any atom is -0.347 e. The van der Waals surface area contributed by atoms with Gasteiger partial charge in [0.2, 0.25) is 5.91 Å². The van der Waals surface area contributed by atoms with E-state index in [9.17, 15) is 4.79 Å². The second kappa shape index (κ2) is 6.23. The van der Waals surface area contributed by atoms with Crippen LogP contribution in [0.25, 0.3) is 0 Å². The van der Waals surface area contributed by atoms with Gasteiger partial charge < -0.3 is 5.32 Å². The van der Waals surface area contributed by atoms with Crippen LogP contribution in [-0.4, -0.2) is 22.4 Å². The van der Waals surface area contributed by atoms with Crippen molar-refractivity contribution in [1.29, 1.82) is 0 Å². The van der Waals surface area contributed by atoms with Crippen LogP contribution in [0.5, 0.6) is 0 Å². The molecule has 1 fully saturated rings. The first kappa shape index (κ1) is 13.4. The maximum absolute atomic E-state index is 11.8. The van der Waals surface area contributed by atoms with Crippen LogP contribution in [0.1, 0.15) is 37.1 Å². The van der Waals surface area contributed by atoms with Crippen molar-refractivity contribution < 1.29 is 4.79 Å². The molecule has 1 saturated carbocycles. The molecule has 1 N–H and O–H groups in total. The summed E-state index contributed by atoms with van der Waals surface area (Å²) in [5.41, 5.74) is 2.20. The van der Waals surface area contributed by atoms with Gasteiger partial charge in [-0.25, -0.2) is 0 Å². The lowest BCUT2D eigenvalue weighted by atomic mass is 10.1. The standard InChI is InChI=1S/C14H20N2OS/c1-3-18-9-13(17)16-14(11-4-5-11)12-8-10(2)6-7-15-12/h6-8,11,14H,3-5,9H2,1-2H3,(H,16,17)/t14-/m1/s1. The summed E-state index contributed by atoms with van der Waals surface area (Å²) in [6.45, 7) is 4.13. The summed E-state index contributed by atoms with van der Waals surface area (Å²) in [7, 11) is 0. The van der Waals surface area contributed by atoms with Crippen LogP contribution in [0, 0.1) is 12.8 Å². The Labute approximate surface area is 113 Å². The van der Waals surface area contributed by atoms with Crippen molar-refractivity contribution >= 4 is 17.7 Å². The Morgan fingerprint density at radius 2 is 2.39 bits per heavy atom. The number of nitrogens with zero attached hydrogens (tertiary/aromatic N) is 1. The Morgan fingerprint density at radius 1 is 1.61 bits per heavy atom. The predicted molar refractivity (Wildman–Crippen MR) is 75.6 cm³/mol. The molecule has 1 heterocycles. The summed E-state index contributed by atoms with van der Waals surface area (Å²) in [5, 5.41) is 3.14. The number of rotatable bonds is 6. The first-order valence-electron chi connectivity index (χ1n) is 6.50. The summed E-state index contributed by atoms with van der Waals surface area (Å²) in [6, 6.07) is 4.17. The average molecular weight is 264 g/mol. The number of pyridine rings is 1. The third kappa shape index (κ3) is 3.73. The molecule has 1 atom stereocenters. The van der Waals surface area contributed by atoms with Crippen molar-refractivity contribution in [2.24, 2.45) is 5.92 Å². The molecule has 1 aliphatic rings. The minimum absolute atomic E-state index is 0.106. The summed E-state index contributed by atoms with van der Waals surface area (Å²) in [5.74, 6) is 2.23. The molecule has 0 saturated heterocycles. The molecule has 98 valence electrons. The van der Waals surface area contributed by atoms with Gasteiger partial charge in [-0.15, -0.1) is 0 Å². The van der Waals surface area contributed by atoms with E-state index in [1.54, 1.807) is 11.8 Å². The highest BCUT2D eigenvalue weighted by atomic mass is 32.2. The Morgan fingerprint density at radius 3 is 3.00 bits per heavy atom. The van der Waals surface area contributed by atoms with E-state index in [0.29, 0.717) is 11.7 Å². The van der Waals surface area contributed by atoms with Crippen LogP contribution in [0.2, 0.25) is 0 Å². The molecular weight excluding hydrogens is 244 g/mol. The zero-order valence-electron chi connectivity index (χ0n) is 11.0. The zero-order chi connectivity index (χ0) is 13.0. The molecule has 18 heavy (non-hydrogen) atoms. The Bertz CT molecular complexity index is 418. The fraction of sp³-hybridized carbons (Fsp3) is 0.571. The van der Waals surface area contributed by atoms with Crippen LogP contribution >= 0.6 is 11.8 Å². The number of thioether (sulfide) groups is 1. The van der Waals surface area contributed by atoms with Crippen molar-refractivity contribution in [3.63, 3.8) is 0 Å². The van der Waals surface area contributed by atoms with E-state index in [0.717, 1.165) is 11.4 Å². The topological polar surface area (TPSA) is 42.0 Å². The quantitative estimate of drug-likeness (QED) is 0.859.